The second kappa shape index (κ2) is 7.73. The van der Waals surface area contributed by atoms with Crippen LogP contribution in [0.3, 0.4) is 0 Å². The van der Waals surface area contributed by atoms with Crippen LogP contribution in [0.15, 0.2) is 0 Å². The van der Waals surface area contributed by atoms with E-state index in [2.05, 4.69) is 26.1 Å². The third-order valence-electron chi connectivity index (χ3n) is 3.77. The minimum absolute atomic E-state index is 0. The summed E-state index contributed by atoms with van der Waals surface area (Å²) < 4.78 is 30.0. The molecule has 0 aromatic heterocycles. The molecule has 0 heterocycles. The summed E-state index contributed by atoms with van der Waals surface area (Å²) in [6.45, 7) is 6.79. The van der Waals surface area contributed by atoms with Gasteiger partial charge in [0.25, 0.3) is 10.1 Å². The van der Waals surface area contributed by atoms with Crippen molar-refractivity contribution in [2.24, 2.45) is 17.1 Å². The van der Waals surface area contributed by atoms with Gasteiger partial charge in [-0.15, -0.1) is 0 Å². The Kier molecular flexibility index (Phi) is 8.07. The number of rotatable bonds is 5. The first-order chi connectivity index (χ1) is 8.09. The van der Waals surface area contributed by atoms with Crippen LogP contribution in [0.25, 0.3) is 0 Å². The van der Waals surface area contributed by atoms with Gasteiger partial charge >= 0.3 is 29.6 Å². The fourth-order valence-electron chi connectivity index (χ4n) is 3.02. The van der Waals surface area contributed by atoms with E-state index in [4.69, 9.17) is 10.3 Å². The van der Waals surface area contributed by atoms with E-state index in [1.807, 2.05) is 0 Å². The Morgan fingerprint density at radius 1 is 1.47 bits per heavy atom. The van der Waals surface area contributed by atoms with Crippen LogP contribution in [-0.4, -0.2) is 37.4 Å². The predicted molar refractivity (Wildman–Crippen MR) is 74.1 cm³/mol. The summed E-state index contributed by atoms with van der Waals surface area (Å²) in [5, 5.41) is 3.17. The molecule has 5 nitrogen and oxygen atoms in total. The molecule has 4 N–H and O–H groups in total. The fourth-order valence-corrected chi connectivity index (χ4v) is 3.40. The summed E-state index contributed by atoms with van der Waals surface area (Å²) in [7, 11) is -3.87. The van der Waals surface area contributed by atoms with Gasteiger partial charge < -0.3 is 12.5 Å². The molecule has 110 valence electrons. The molecule has 0 spiro atoms. The third kappa shape index (κ3) is 7.99. The van der Waals surface area contributed by atoms with E-state index in [1.54, 1.807) is 0 Å². The average Bonchev–Trinajstić information content (AvgIpc) is 2.11. The summed E-state index contributed by atoms with van der Waals surface area (Å²) in [6.07, 6.45) is 3.12. The summed E-state index contributed by atoms with van der Waals surface area (Å²) in [6, 6.07) is 0.446. The Bertz CT molecular complexity index is 379. The number of hydrogen-bond acceptors (Lipinski definition) is 4. The van der Waals surface area contributed by atoms with Gasteiger partial charge in [-0.25, -0.2) is 0 Å². The van der Waals surface area contributed by atoms with Crippen LogP contribution < -0.4 is 40.6 Å². The maximum atomic E-state index is 10.6. The Morgan fingerprint density at radius 2 is 2.05 bits per heavy atom. The molecule has 0 aliphatic heterocycles. The monoisotopic (exact) mass is 302 g/mol. The molecule has 0 aromatic carbocycles. The van der Waals surface area contributed by atoms with Gasteiger partial charge in [0.15, 0.2) is 0 Å². The summed E-state index contributed by atoms with van der Waals surface area (Å²) >= 11 is 0. The van der Waals surface area contributed by atoms with Crippen molar-refractivity contribution in [2.45, 2.75) is 52.1 Å². The van der Waals surface area contributed by atoms with Crippen LogP contribution in [0.2, 0.25) is 0 Å². The first-order valence-electron chi connectivity index (χ1n) is 6.53. The zero-order valence-electron chi connectivity index (χ0n) is 13.5. The van der Waals surface area contributed by atoms with Crippen LogP contribution in [0.5, 0.6) is 0 Å². The predicted octanol–water partition coefficient (Wildman–Crippen LogP) is -1.88. The van der Waals surface area contributed by atoms with Crippen LogP contribution >= 0.6 is 0 Å². The molecule has 0 radical (unpaired) electrons. The van der Waals surface area contributed by atoms with Gasteiger partial charge in [0.2, 0.25) is 0 Å². The van der Waals surface area contributed by atoms with Crippen molar-refractivity contribution in [2.75, 3.05) is 12.3 Å². The number of nitrogens with one attached hydrogen (secondary N) is 1. The van der Waals surface area contributed by atoms with Crippen LogP contribution in [0.1, 0.15) is 41.5 Å². The van der Waals surface area contributed by atoms with Gasteiger partial charge in [-0.2, -0.15) is 8.42 Å². The number of hydrogen-bond donors (Lipinski definition) is 3. The maximum Gasteiger partial charge on any atom is 1.00 e. The molecular weight excluding hydrogens is 275 g/mol. The standard InChI is InChI=1S/C12H26N2O3S.Na.H/c1-9(14-4-5-18(15,16)17)10-6-11(13)8-12(2,3)7-10;;/h9-11,14H,4-8,13H2,1-3H3,(H,15,16,17);;/q;+1;-1. The second-order valence-electron chi connectivity index (χ2n) is 6.36. The molecule has 1 rings (SSSR count). The normalized spacial score (nSPS) is 28.5. The van der Waals surface area contributed by atoms with Crippen molar-refractivity contribution in [1.29, 1.82) is 0 Å². The van der Waals surface area contributed by atoms with E-state index in [9.17, 15) is 8.42 Å². The van der Waals surface area contributed by atoms with Crippen molar-refractivity contribution in [3.05, 3.63) is 0 Å². The van der Waals surface area contributed by atoms with E-state index < -0.39 is 10.1 Å². The molecule has 19 heavy (non-hydrogen) atoms. The Hall–Kier alpha value is 0.830. The quantitative estimate of drug-likeness (QED) is 0.408. The van der Waals surface area contributed by atoms with E-state index in [-0.39, 0.29) is 60.8 Å². The van der Waals surface area contributed by atoms with Crippen LogP contribution in [0.4, 0.5) is 0 Å². The molecule has 0 bridgehead atoms. The zero-order chi connectivity index (χ0) is 14.0. The minimum atomic E-state index is -3.87. The van der Waals surface area contributed by atoms with Gasteiger partial charge in [-0.3, -0.25) is 4.55 Å². The molecule has 1 aliphatic rings. The van der Waals surface area contributed by atoms with Crippen LogP contribution in [0, 0.1) is 11.3 Å². The first kappa shape index (κ1) is 19.8. The molecule has 3 unspecified atom stereocenters. The van der Waals surface area contributed by atoms with E-state index >= 15 is 0 Å². The van der Waals surface area contributed by atoms with Crippen molar-refractivity contribution in [3.8, 4) is 0 Å². The largest absolute Gasteiger partial charge is 1.00 e. The van der Waals surface area contributed by atoms with Crippen molar-refractivity contribution < 1.29 is 44.0 Å². The van der Waals surface area contributed by atoms with Gasteiger partial charge in [0.05, 0.1) is 5.75 Å². The first-order valence-corrected chi connectivity index (χ1v) is 8.14. The Labute approximate surface area is 140 Å². The van der Waals surface area contributed by atoms with Gasteiger partial charge in [-0.1, -0.05) is 13.8 Å². The topological polar surface area (TPSA) is 92.4 Å². The van der Waals surface area contributed by atoms with Gasteiger partial charge in [0, 0.05) is 18.6 Å². The van der Waals surface area contributed by atoms with Crippen molar-refractivity contribution >= 4 is 10.1 Å². The SMILES string of the molecule is CC(NCCS(=O)(=O)O)C1CC(N)CC(C)(C)C1.[H-].[Na+]. The van der Waals surface area contributed by atoms with E-state index in [0.29, 0.717) is 5.92 Å². The number of nitrogens with two attached hydrogens (primary N) is 1. The molecule has 0 saturated heterocycles. The molecule has 0 amide bonds. The van der Waals surface area contributed by atoms with Crippen molar-refractivity contribution in [1.82, 2.24) is 5.32 Å². The van der Waals surface area contributed by atoms with Crippen molar-refractivity contribution in [3.63, 3.8) is 0 Å². The maximum absolute atomic E-state index is 10.6. The Balaban J connectivity index is 0. The van der Waals surface area contributed by atoms with Gasteiger partial charge in [-0.05, 0) is 37.5 Å². The fraction of sp³-hybridized carbons (Fsp3) is 1.00. The molecule has 0 aromatic rings. The van der Waals surface area contributed by atoms with Gasteiger partial charge in [0.1, 0.15) is 0 Å². The van der Waals surface area contributed by atoms with Crippen LogP contribution in [-0.2, 0) is 10.1 Å². The molecular formula is C12H27N2NaO3S. The summed E-state index contributed by atoms with van der Waals surface area (Å²) in [4.78, 5) is 0. The molecule has 3 atom stereocenters. The summed E-state index contributed by atoms with van der Waals surface area (Å²) in [5.74, 6) is 0.226. The average molecular weight is 302 g/mol. The smallest absolute Gasteiger partial charge is 1.00 e. The third-order valence-corrected chi connectivity index (χ3v) is 4.49. The minimum Gasteiger partial charge on any atom is -1.00 e. The molecule has 1 saturated carbocycles. The molecule has 7 heteroatoms. The Morgan fingerprint density at radius 3 is 2.53 bits per heavy atom. The summed E-state index contributed by atoms with van der Waals surface area (Å²) in [5.41, 5.74) is 6.32. The molecule has 1 aliphatic carbocycles. The zero-order valence-corrected chi connectivity index (χ0v) is 15.3. The molecule has 1 fully saturated rings. The van der Waals surface area contributed by atoms with E-state index in [1.165, 1.54) is 0 Å². The second-order valence-corrected chi connectivity index (χ2v) is 7.93. The van der Waals surface area contributed by atoms with E-state index in [0.717, 1.165) is 19.3 Å².